The van der Waals surface area contributed by atoms with E-state index in [0.717, 1.165) is 18.7 Å². The molecule has 3 nitrogen and oxygen atoms in total. The van der Waals surface area contributed by atoms with Gasteiger partial charge in [-0.1, -0.05) is 19.1 Å². The Balaban J connectivity index is 2.33. The highest BCUT2D eigenvalue weighted by atomic mass is 16.4. The van der Waals surface area contributed by atoms with E-state index in [4.69, 9.17) is 5.11 Å². The van der Waals surface area contributed by atoms with Crippen molar-refractivity contribution in [1.29, 1.82) is 0 Å². The lowest BCUT2D eigenvalue weighted by Crippen LogP contribution is -2.20. The molecule has 0 radical (unpaired) electrons. The van der Waals surface area contributed by atoms with Crippen LogP contribution in [-0.4, -0.2) is 24.2 Å². The summed E-state index contributed by atoms with van der Waals surface area (Å²) in [5, 5.41) is 8.78. The molecular weight excluding hydrogens is 202 g/mol. The number of fused-ring (bicyclic) bond motifs is 1. The second-order valence-corrected chi connectivity index (χ2v) is 4.40. The fourth-order valence-electron chi connectivity index (χ4n) is 2.39. The van der Waals surface area contributed by atoms with E-state index in [2.05, 4.69) is 24.8 Å². The highest BCUT2D eigenvalue weighted by molar-refractivity contribution is 5.72. The quantitative estimate of drug-likeness (QED) is 0.847. The first-order chi connectivity index (χ1) is 7.61. The van der Waals surface area contributed by atoms with Crippen LogP contribution >= 0.6 is 0 Å². The minimum Gasteiger partial charge on any atom is -0.481 e. The summed E-state index contributed by atoms with van der Waals surface area (Å²) in [5.74, 6) is -0.220. The third-order valence-corrected chi connectivity index (χ3v) is 3.20. The van der Waals surface area contributed by atoms with E-state index in [0.29, 0.717) is 5.92 Å². The molecular formula is C13H17NO2. The zero-order valence-electron chi connectivity index (χ0n) is 9.73. The van der Waals surface area contributed by atoms with Gasteiger partial charge in [-0.3, -0.25) is 4.79 Å². The Kier molecular flexibility index (Phi) is 2.86. The summed E-state index contributed by atoms with van der Waals surface area (Å²) in [4.78, 5) is 13.0. The van der Waals surface area contributed by atoms with Gasteiger partial charge in [0.25, 0.3) is 0 Å². The van der Waals surface area contributed by atoms with Gasteiger partial charge in [0.05, 0.1) is 6.42 Å². The molecule has 1 aliphatic heterocycles. The molecule has 1 aromatic rings. The molecule has 0 aliphatic carbocycles. The van der Waals surface area contributed by atoms with Gasteiger partial charge in [0.15, 0.2) is 0 Å². The molecule has 1 aromatic carbocycles. The van der Waals surface area contributed by atoms with Gasteiger partial charge in [0.2, 0.25) is 0 Å². The van der Waals surface area contributed by atoms with Crippen LogP contribution in [0.5, 0.6) is 0 Å². The lowest BCUT2D eigenvalue weighted by molar-refractivity contribution is -0.136. The number of hydrogen-bond donors (Lipinski definition) is 1. The monoisotopic (exact) mass is 219 g/mol. The lowest BCUT2D eigenvalue weighted by Gasteiger charge is -2.17. The van der Waals surface area contributed by atoms with E-state index >= 15 is 0 Å². The minimum absolute atomic E-state index is 0.110. The predicted octanol–water partition coefficient (Wildman–Crippen LogP) is 2.26. The Bertz CT molecular complexity index is 414. The number of aliphatic carboxylic acids is 1. The van der Waals surface area contributed by atoms with Gasteiger partial charge >= 0.3 is 5.97 Å². The zero-order chi connectivity index (χ0) is 11.7. The van der Waals surface area contributed by atoms with Crippen LogP contribution in [0.25, 0.3) is 0 Å². The maximum Gasteiger partial charge on any atom is 0.307 e. The molecule has 0 bridgehead atoms. The minimum atomic E-state index is -0.769. The number of likely N-dealkylation sites (N-methyl/N-ethyl adjacent to an activating group) is 1. The van der Waals surface area contributed by atoms with Crippen LogP contribution in [-0.2, 0) is 11.2 Å². The molecule has 0 saturated heterocycles. The molecule has 16 heavy (non-hydrogen) atoms. The Labute approximate surface area is 95.7 Å². The average molecular weight is 219 g/mol. The van der Waals surface area contributed by atoms with Gasteiger partial charge in [-0.25, -0.2) is 0 Å². The molecule has 1 unspecified atom stereocenters. The highest BCUT2D eigenvalue weighted by Gasteiger charge is 2.24. The van der Waals surface area contributed by atoms with Gasteiger partial charge in [0, 0.05) is 24.7 Å². The molecule has 1 heterocycles. The molecule has 2 rings (SSSR count). The number of carboxylic acids is 1. The molecule has 0 saturated carbocycles. The van der Waals surface area contributed by atoms with E-state index in [9.17, 15) is 4.79 Å². The smallest absolute Gasteiger partial charge is 0.307 e. The topological polar surface area (TPSA) is 40.5 Å². The van der Waals surface area contributed by atoms with Crippen molar-refractivity contribution in [3.05, 3.63) is 29.3 Å². The largest absolute Gasteiger partial charge is 0.481 e. The summed E-state index contributed by atoms with van der Waals surface area (Å²) in [5.41, 5.74) is 3.45. The number of benzene rings is 1. The molecule has 3 heteroatoms. The zero-order valence-corrected chi connectivity index (χ0v) is 9.73. The first-order valence-corrected chi connectivity index (χ1v) is 5.71. The van der Waals surface area contributed by atoms with Gasteiger partial charge in [-0.05, 0) is 24.1 Å². The fourth-order valence-corrected chi connectivity index (χ4v) is 2.39. The van der Waals surface area contributed by atoms with Crippen molar-refractivity contribution in [2.24, 2.45) is 0 Å². The number of rotatable bonds is 3. The van der Waals surface area contributed by atoms with Crippen molar-refractivity contribution in [2.45, 2.75) is 26.2 Å². The summed E-state index contributed by atoms with van der Waals surface area (Å²) in [6.45, 7) is 6.37. The Hall–Kier alpha value is -1.51. The van der Waals surface area contributed by atoms with E-state index in [1.807, 2.05) is 12.1 Å². The number of carbonyl (C=O) groups is 1. The van der Waals surface area contributed by atoms with Crippen LogP contribution in [0.15, 0.2) is 18.2 Å². The Morgan fingerprint density at radius 3 is 2.94 bits per heavy atom. The summed E-state index contributed by atoms with van der Waals surface area (Å²) in [7, 11) is 0. The molecule has 1 N–H and O–H groups in total. The van der Waals surface area contributed by atoms with Gasteiger partial charge in [0.1, 0.15) is 0 Å². The number of anilines is 1. The second kappa shape index (κ2) is 4.16. The van der Waals surface area contributed by atoms with E-state index in [-0.39, 0.29) is 6.42 Å². The maximum absolute atomic E-state index is 10.7. The number of carboxylic acid groups (broad SMARTS) is 1. The Morgan fingerprint density at radius 1 is 1.56 bits per heavy atom. The highest BCUT2D eigenvalue weighted by Crippen LogP contribution is 2.36. The molecule has 0 aromatic heterocycles. The van der Waals surface area contributed by atoms with Gasteiger partial charge < -0.3 is 10.0 Å². The normalized spacial score (nSPS) is 18.6. The second-order valence-electron chi connectivity index (χ2n) is 4.40. The first-order valence-electron chi connectivity index (χ1n) is 5.71. The van der Waals surface area contributed by atoms with Crippen LogP contribution in [0.4, 0.5) is 5.69 Å². The van der Waals surface area contributed by atoms with Crippen molar-refractivity contribution in [1.82, 2.24) is 0 Å². The summed E-state index contributed by atoms with van der Waals surface area (Å²) in [6, 6.07) is 6.03. The molecule has 0 amide bonds. The third kappa shape index (κ3) is 1.90. The van der Waals surface area contributed by atoms with Crippen molar-refractivity contribution < 1.29 is 9.90 Å². The molecule has 0 spiro atoms. The molecule has 86 valence electrons. The summed E-state index contributed by atoms with van der Waals surface area (Å²) in [6.07, 6.45) is 0.110. The van der Waals surface area contributed by atoms with Gasteiger partial charge in [-0.15, -0.1) is 0 Å². The van der Waals surface area contributed by atoms with Crippen LogP contribution < -0.4 is 4.90 Å². The maximum atomic E-state index is 10.7. The lowest BCUT2D eigenvalue weighted by atomic mass is 10.0. The van der Waals surface area contributed by atoms with Crippen LogP contribution in [0.2, 0.25) is 0 Å². The van der Waals surface area contributed by atoms with Gasteiger partial charge in [-0.2, -0.15) is 0 Å². The summed E-state index contributed by atoms with van der Waals surface area (Å²) >= 11 is 0. The van der Waals surface area contributed by atoms with Crippen molar-refractivity contribution >= 4 is 11.7 Å². The fraction of sp³-hybridized carbons (Fsp3) is 0.462. The number of hydrogen-bond acceptors (Lipinski definition) is 2. The van der Waals surface area contributed by atoms with E-state index < -0.39 is 5.97 Å². The Morgan fingerprint density at radius 2 is 2.31 bits per heavy atom. The number of nitrogens with zero attached hydrogens (tertiary/aromatic N) is 1. The van der Waals surface area contributed by atoms with Crippen molar-refractivity contribution in [3.8, 4) is 0 Å². The van der Waals surface area contributed by atoms with Crippen LogP contribution in [0, 0.1) is 0 Å². The average Bonchev–Trinajstić information content (AvgIpc) is 2.54. The molecule has 0 fully saturated rings. The van der Waals surface area contributed by atoms with E-state index in [1.165, 1.54) is 11.3 Å². The molecule has 1 aliphatic rings. The van der Waals surface area contributed by atoms with Crippen molar-refractivity contribution in [3.63, 3.8) is 0 Å². The first kappa shape index (κ1) is 11.0. The van der Waals surface area contributed by atoms with E-state index in [1.54, 1.807) is 0 Å². The standard InChI is InChI=1S/C13H17NO2/c1-3-14-8-9(2)11-5-4-10(6-12(11)14)7-13(15)16/h4-6,9H,3,7-8H2,1-2H3,(H,15,16). The SMILES string of the molecule is CCN1CC(C)c2ccc(CC(=O)O)cc21. The predicted molar refractivity (Wildman–Crippen MR) is 64.1 cm³/mol. The molecule has 1 atom stereocenters. The third-order valence-electron chi connectivity index (χ3n) is 3.20. The van der Waals surface area contributed by atoms with Crippen molar-refractivity contribution in [2.75, 3.05) is 18.0 Å². The van der Waals surface area contributed by atoms with Crippen LogP contribution in [0.1, 0.15) is 30.9 Å². The summed E-state index contributed by atoms with van der Waals surface area (Å²) < 4.78 is 0. The van der Waals surface area contributed by atoms with Crippen LogP contribution in [0.3, 0.4) is 0 Å².